The van der Waals surface area contributed by atoms with E-state index in [-0.39, 0.29) is 11.8 Å². The maximum absolute atomic E-state index is 12.0. The Kier molecular flexibility index (Phi) is 5.05. The number of methoxy groups -OCH3 is 1. The van der Waals surface area contributed by atoms with Crippen LogP contribution in [0.2, 0.25) is 0 Å². The van der Waals surface area contributed by atoms with E-state index in [1.54, 1.807) is 13.2 Å². The molecule has 1 saturated heterocycles. The molecule has 1 aliphatic heterocycles. The largest absolute Gasteiger partial charge is 0.497 e. The van der Waals surface area contributed by atoms with Gasteiger partial charge in [-0.05, 0) is 29.8 Å². The number of hydrogen-bond donors (Lipinski definition) is 4. The number of benzene rings is 1. The van der Waals surface area contributed by atoms with Crippen LogP contribution in [0.1, 0.15) is 0 Å². The quantitative estimate of drug-likeness (QED) is 0.649. The topological polar surface area (TPSA) is 115 Å². The number of nitrogens with two attached hydrogens (primary N) is 1. The van der Waals surface area contributed by atoms with Crippen LogP contribution in [0.25, 0.3) is 10.4 Å². The SMILES string of the molecule is COc1ccc(-c2cc(OC(=O)NC3CNC3)c(NC(N)=O)s2)cc1. The van der Waals surface area contributed by atoms with E-state index in [1.165, 1.54) is 11.3 Å². The molecular weight excluding hydrogens is 344 g/mol. The number of anilines is 1. The van der Waals surface area contributed by atoms with E-state index in [2.05, 4.69) is 16.0 Å². The van der Waals surface area contributed by atoms with Crippen molar-refractivity contribution in [3.05, 3.63) is 30.3 Å². The third-order valence-electron chi connectivity index (χ3n) is 3.62. The van der Waals surface area contributed by atoms with Crippen molar-refractivity contribution in [2.24, 2.45) is 5.73 Å². The number of primary amides is 1. The summed E-state index contributed by atoms with van der Waals surface area (Å²) < 4.78 is 10.5. The van der Waals surface area contributed by atoms with Gasteiger partial charge in [-0.3, -0.25) is 5.32 Å². The van der Waals surface area contributed by atoms with Crippen LogP contribution >= 0.6 is 11.3 Å². The second kappa shape index (κ2) is 7.41. The molecule has 0 radical (unpaired) electrons. The van der Waals surface area contributed by atoms with Gasteiger partial charge in [0.25, 0.3) is 0 Å². The zero-order valence-corrected chi connectivity index (χ0v) is 14.3. The van der Waals surface area contributed by atoms with Crippen molar-refractivity contribution in [2.45, 2.75) is 6.04 Å². The Labute approximate surface area is 148 Å². The van der Waals surface area contributed by atoms with Gasteiger partial charge in [0, 0.05) is 24.0 Å². The lowest BCUT2D eigenvalue weighted by Gasteiger charge is -2.27. The molecule has 3 rings (SSSR count). The highest BCUT2D eigenvalue weighted by Gasteiger charge is 2.22. The summed E-state index contributed by atoms with van der Waals surface area (Å²) in [6.07, 6.45) is -0.571. The predicted octanol–water partition coefficient (Wildman–Crippen LogP) is 1.97. The minimum Gasteiger partial charge on any atom is -0.497 e. The predicted molar refractivity (Wildman–Crippen MR) is 95.3 cm³/mol. The van der Waals surface area contributed by atoms with Gasteiger partial charge in [0.05, 0.1) is 13.2 Å². The summed E-state index contributed by atoms with van der Waals surface area (Å²) in [6.45, 7) is 1.42. The van der Waals surface area contributed by atoms with E-state index in [0.717, 1.165) is 16.2 Å². The van der Waals surface area contributed by atoms with Crippen LogP contribution in [0.5, 0.6) is 11.5 Å². The fourth-order valence-electron chi connectivity index (χ4n) is 2.23. The molecule has 0 atom stereocenters. The van der Waals surface area contributed by atoms with Gasteiger partial charge >= 0.3 is 12.1 Å². The number of thiophene rings is 1. The monoisotopic (exact) mass is 362 g/mol. The van der Waals surface area contributed by atoms with Crippen molar-refractivity contribution in [1.82, 2.24) is 10.6 Å². The van der Waals surface area contributed by atoms with Crippen LogP contribution in [0.15, 0.2) is 30.3 Å². The van der Waals surface area contributed by atoms with Crippen molar-refractivity contribution >= 4 is 28.5 Å². The lowest BCUT2D eigenvalue weighted by molar-refractivity contribution is 0.191. The summed E-state index contributed by atoms with van der Waals surface area (Å²) >= 11 is 1.26. The van der Waals surface area contributed by atoms with Gasteiger partial charge in [0.1, 0.15) is 10.8 Å². The van der Waals surface area contributed by atoms with Gasteiger partial charge < -0.3 is 25.8 Å². The van der Waals surface area contributed by atoms with E-state index in [4.69, 9.17) is 15.2 Å². The highest BCUT2D eigenvalue weighted by Crippen LogP contribution is 2.41. The van der Waals surface area contributed by atoms with Crippen molar-refractivity contribution in [3.63, 3.8) is 0 Å². The first-order valence-corrected chi connectivity index (χ1v) is 8.40. The Morgan fingerprint density at radius 3 is 2.56 bits per heavy atom. The summed E-state index contributed by atoms with van der Waals surface area (Å²) in [5.41, 5.74) is 6.10. The van der Waals surface area contributed by atoms with Crippen LogP contribution in [-0.2, 0) is 0 Å². The lowest BCUT2D eigenvalue weighted by atomic mass is 10.2. The molecule has 2 aromatic rings. The summed E-state index contributed by atoms with van der Waals surface area (Å²) in [4.78, 5) is 24.0. The van der Waals surface area contributed by atoms with E-state index in [1.807, 2.05) is 24.3 Å². The van der Waals surface area contributed by atoms with Gasteiger partial charge in [0.2, 0.25) is 0 Å². The lowest BCUT2D eigenvalue weighted by Crippen LogP contribution is -2.57. The summed E-state index contributed by atoms with van der Waals surface area (Å²) in [6, 6.07) is 8.43. The highest BCUT2D eigenvalue weighted by molar-refractivity contribution is 7.20. The molecule has 9 heteroatoms. The van der Waals surface area contributed by atoms with Gasteiger partial charge in [-0.15, -0.1) is 11.3 Å². The molecule has 0 saturated carbocycles. The van der Waals surface area contributed by atoms with Crippen LogP contribution < -0.4 is 31.2 Å². The zero-order chi connectivity index (χ0) is 17.8. The molecule has 2 heterocycles. The average molecular weight is 362 g/mol. The van der Waals surface area contributed by atoms with Gasteiger partial charge in [-0.1, -0.05) is 0 Å². The molecule has 0 unspecified atom stereocenters. The Balaban J connectivity index is 1.80. The minimum absolute atomic E-state index is 0.0553. The smallest absolute Gasteiger partial charge is 0.413 e. The number of carbonyl (C=O) groups is 2. The Bertz CT molecular complexity index is 771. The fraction of sp³-hybridized carbons (Fsp3) is 0.250. The Hall–Kier alpha value is -2.78. The number of hydrogen-bond acceptors (Lipinski definition) is 6. The molecule has 8 nitrogen and oxygen atoms in total. The second-order valence-electron chi connectivity index (χ2n) is 5.41. The minimum atomic E-state index is -0.725. The van der Waals surface area contributed by atoms with Crippen molar-refractivity contribution in [1.29, 1.82) is 0 Å². The van der Waals surface area contributed by atoms with Crippen LogP contribution in [0, 0.1) is 0 Å². The maximum atomic E-state index is 12.0. The van der Waals surface area contributed by atoms with E-state index < -0.39 is 12.1 Å². The molecule has 1 aromatic carbocycles. The summed E-state index contributed by atoms with van der Waals surface area (Å²) in [5.74, 6) is 0.986. The average Bonchev–Trinajstić information content (AvgIpc) is 2.93. The molecule has 0 spiro atoms. The molecular formula is C16H18N4O4S. The van der Waals surface area contributed by atoms with E-state index in [0.29, 0.717) is 18.1 Å². The maximum Gasteiger partial charge on any atom is 0.413 e. The normalized spacial score (nSPS) is 13.6. The highest BCUT2D eigenvalue weighted by atomic mass is 32.1. The van der Waals surface area contributed by atoms with Crippen LogP contribution in [-0.4, -0.2) is 38.4 Å². The standard InChI is InChI=1S/C16H18N4O4S/c1-23-11-4-2-9(3-5-11)13-6-12(14(25-13)20-15(17)21)24-16(22)19-10-7-18-8-10/h2-6,10,18H,7-8H2,1H3,(H,19,22)(H3,17,20,21). The summed E-state index contributed by atoms with van der Waals surface area (Å²) in [5, 5.41) is 8.64. The van der Waals surface area contributed by atoms with Crippen molar-refractivity contribution in [2.75, 3.05) is 25.5 Å². The van der Waals surface area contributed by atoms with E-state index in [9.17, 15) is 9.59 Å². The van der Waals surface area contributed by atoms with Crippen LogP contribution in [0.4, 0.5) is 14.6 Å². The first-order valence-electron chi connectivity index (χ1n) is 7.59. The van der Waals surface area contributed by atoms with Gasteiger partial charge in [-0.25, -0.2) is 9.59 Å². The summed E-state index contributed by atoms with van der Waals surface area (Å²) in [7, 11) is 1.59. The number of amides is 3. The number of ether oxygens (including phenoxy) is 2. The van der Waals surface area contributed by atoms with Crippen molar-refractivity contribution in [3.8, 4) is 21.9 Å². The Morgan fingerprint density at radius 1 is 1.28 bits per heavy atom. The Morgan fingerprint density at radius 2 is 2.00 bits per heavy atom. The first kappa shape index (κ1) is 17.1. The molecule has 0 aliphatic carbocycles. The molecule has 0 bridgehead atoms. The second-order valence-corrected chi connectivity index (χ2v) is 6.46. The van der Waals surface area contributed by atoms with Gasteiger partial charge in [-0.2, -0.15) is 0 Å². The van der Waals surface area contributed by atoms with Gasteiger partial charge in [0.15, 0.2) is 5.75 Å². The van der Waals surface area contributed by atoms with Crippen molar-refractivity contribution < 1.29 is 19.1 Å². The number of rotatable bonds is 5. The molecule has 1 fully saturated rings. The molecule has 1 aliphatic rings. The first-order chi connectivity index (χ1) is 12.0. The number of nitrogens with one attached hydrogen (secondary N) is 3. The van der Waals surface area contributed by atoms with Crippen LogP contribution in [0.3, 0.4) is 0 Å². The molecule has 1 aromatic heterocycles. The molecule has 25 heavy (non-hydrogen) atoms. The number of urea groups is 1. The third-order valence-corrected chi connectivity index (χ3v) is 4.70. The third kappa shape index (κ3) is 4.20. The molecule has 3 amide bonds. The number of carbonyl (C=O) groups excluding carboxylic acids is 2. The zero-order valence-electron chi connectivity index (χ0n) is 13.5. The molecule has 132 valence electrons. The van der Waals surface area contributed by atoms with E-state index >= 15 is 0 Å². The molecule has 5 N–H and O–H groups in total. The fourth-order valence-corrected chi connectivity index (χ4v) is 3.23.